The quantitative estimate of drug-likeness (QED) is 0.789. The molecule has 1 unspecified atom stereocenters. The monoisotopic (exact) mass is 292 g/mol. The Morgan fingerprint density at radius 3 is 2.86 bits per heavy atom. The molecule has 1 atom stereocenters. The standard InChI is InChI=1S/C8H6BrClN2OS/c1-4(10)8-11-7(12-13-8)5-2-3-6(9)14-5/h2-4H,1H3. The Hall–Kier alpha value is -0.390. The van der Waals surface area contributed by atoms with Crippen molar-refractivity contribution in [2.24, 2.45) is 0 Å². The lowest BCUT2D eigenvalue weighted by Crippen LogP contribution is -1.82. The van der Waals surface area contributed by atoms with E-state index in [1.165, 1.54) is 0 Å². The van der Waals surface area contributed by atoms with Crippen molar-refractivity contribution in [3.63, 3.8) is 0 Å². The Labute approximate surface area is 98.2 Å². The molecule has 0 N–H and O–H groups in total. The summed E-state index contributed by atoms with van der Waals surface area (Å²) in [5, 5.41) is 3.59. The summed E-state index contributed by atoms with van der Waals surface area (Å²) in [5.41, 5.74) is 0. The minimum Gasteiger partial charge on any atom is -0.337 e. The van der Waals surface area contributed by atoms with E-state index >= 15 is 0 Å². The largest absolute Gasteiger partial charge is 0.337 e. The summed E-state index contributed by atoms with van der Waals surface area (Å²) in [6.45, 7) is 1.79. The van der Waals surface area contributed by atoms with Gasteiger partial charge in [-0.1, -0.05) is 5.16 Å². The topological polar surface area (TPSA) is 38.9 Å². The lowest BCUT2D eigenvalue weighted by atomic mass is 10.4. The first-order chi connectivity index (χ1) is 6.66. The van der Waals surface area contributed by atoms with Gasteiger partial charge in [0.15, 0.2) is 0 Å². The maximum atomic E-state index is 5.81. The third-order valence-corrected chi connectivity index (χ3v) is 3.38. The number of nitrogens with zero attached hydrogens (tertiary/aromatic N) is 2. The van der Waals surface area contributed by atoms with Crippen molar-refractivity contribution < 1.29 is 4.52 Å². The molecule has 0 aliphatic heterocycles. The van der Waals surface area contributed by atoms with Crippen LogP contribution in [0.1, 0.15) is 18.2 Å². The van der Waals surface area contributed by atoms with Crippen molar-refractivity contribution in [1.82, 2.24) is 10.1 Å². The molecule has 0 aromatic carbocycles. The van der Waals surface area contributed by atoms with Crippen LogP contribution in [0.4, 0.5) is 0 Å². The SMILES string of the molecule is CC(Cl)c1nc(-c2ccc(Br)s2)no1. The van der Waals surface area contributed by atoms with Crippen LogP contribution in [0.2, 0.25) is 0 Å². The maximum absolute atomic E-state index is 5.81. The van der Waals surface area contributed by atoms with E-state index in [0.717, 1.165) is 8.66 Å². The lowest BCUT2D eigenvalue weighted by molar-refractivity contribution is 0.379. The molecule has 0 saturated heterocycles. The fraction of sp³-hybridized carbons (Fsp3) is 0.250. The molecule has 0 amide bonds. The molecule has 74 valence electrons. The Bertz CT molecular complexity index is 440. The van der Waals surface area contributed by atoms with Crippen LogP contribution >= 0.6 is 38.9 Å². The van der Waals surface area contributed by atoms with Crippen molar-refractivity contribution in [3.05, 3.63) is 21.8 Å². The third-order valence-electron chi connectivity index (χ3n) is 1.58. The van der Waals surface area contributed by atoms with Gasteiger partial charge >= 0.3 is 0 Å². The Balaban J connectivity index is 2.33. The molecule has 0 aliphatic carbocycles. The summed E-state index contributed by atoms with van der Waals surface area (Å²) in [5.74, 6) is 1.04. The first kappa shape index (κ1) is 10.1. The van der Waals surface area contributed by atoms with Gasteiger partial charge in [0.05, 0.1) is 8.66 Å². The van der Waals surface area contributed by atoms with E-state index < -0.39 is 0 Å². The molecule has 3 nitrogen and oxygen atoms in total. The summed E-state index contributed by atoms with van der Waals surface area (Å²) in [4.78, 5) is 5.14. The van der Waals surface area contributed by atoms with E-state index in [9.17, 15) is 0 Å². The molecule has 2 aromatic rings. The van der Waals surface area contributed by atoms with E-state index in [2.05, 4.69) is 26.1 Å². The van der Waals surface area contributed by atoms with Gasteiger partial charge in [0.2, 0.25) is 11.7 Å². The van der Waals surface area contributed by atoms with E-state index in [1.54, 1.807) is 18.3 Å². The van der Waals surface area contributed by atoms with E-state index in [4.69, 9.17) is 16.1 Å². The predicted octanol–water partition coefficient (Wildman–Crippen LogP) is 3.86. The number of aromatic nitrogens is 2. The van der Waals surface area contributed by atoms with Crippen molar-refractivity contribution in [1.29, 1.82) is 0 Å². The van der Waals surface area contributed by atoms with Gasteiger partial charge in [-0.3, -0.25) is 0 Å². The molecule has 2 heterocycles. The Morgan fingerprint density at radius 2 is 2.36 bits per heavy atom. The summed E-state index contributed by atoms with van der Waals surface area (Å²) in [6.07, 6.45) is 0. The summed E-state index contributed by atoms with van der Waals surface area (Å²) in [6, 6.07) is 3.88. The predicted molar refractivity (Wildman–Crippen MR) is 59.6 cm³/mol. The first-order valence-electron chi connectivity index (χ1n) is 3.90. The molecule has 0 aliphatic rings. The van der Waals surface area contributed by atoms with Crippen LogP contribution in [0, 0.1) is 0 Å². The molecule has 14 heavy (non-hydrogen) atoms. The van der Waals surface area contributed by atoms with Gasteiger partial charge in [-0.15, -0.1) is 22.9 Å². The van der Waals surface area contributed by atoms with Gasteiger partial charge in [0, 0.05) is 0 Å². The second-order valence-electron chi connectivity index (χ2n) is 2.68. The first-order valence-corrected chi connectivity index (χ1v) is 5.95. The molecule has 0 saturated carbocycles. The third kappa shape index (κ3) is 1.99. The fourth-order valence-corrected chi connectivity index (χ4v) is 2.33. The van der Waals surface area contributed by atoms with Crippen molar-refractivity contribution in [3.8, 4) is 10.7 Å². The van der Waals surface area contributed by atoms with E-state index in [-0.39, 0.29) is 5.38 Å². The molecule has 2 rings (SSSR count). The second-order valence-corrected chi connectivity index (χ2v) is 5.79. The molecule has 0 spiro atoms. The fourth-order valence-electron chi connectivity index (χ4n) is 0.931. The lowest BCUT2D eigenvalue weighted by Gasteiger charge is -1.89. The number of rotatable bonds is 2. The summed E-state index contributed by atoms with van der Waals surface area (Å²) >= 11 is 10.7. The molecule has 0 bridgehead atoms. The highest BCUT2D eigenvalue weighted by atomic mass is 79.9. The zero-order chi connectivity index (χ0) is 10.1. The van der Waals surface area contributed by atoms with Crippen LogP contribution in [-0.4, -0.2) is 10.1 Å². The molecule has 0 radical (unpaired) electrons. The zero-order valence-corrected chi connectivity index (χ0v) is 10.4. The molecule has 6 heteroatoms. The highest BCUT2D eigenvalue weighted by Crippen LogP contribution is 2.30. The zero-order valence-electron chi connectivity index (χ0n) is 7.20. The number of alkyl halides is 1. The average Bonchev–Trinajstić information content (AvgIpc) is 2.70. The van der Waals surface area contributed by atoms with Crippen molar-refractivity contribution in [2.75, 3.05) is 0 Å². The highest BCUT2D eigenvalue weighted by Gasteiger charge is 2.13. The van der Waals surface area contributed by atoms with Gasteiger partial charge in [-0.25, -0.2) is 0 Å². The highest BCUT2D eigenvalue weighted by molar-refractivity contribution is 9.11. The Morgan fingerprint density at radius 1 is 1.57 bits per heavy atom. The normalized spacial score (nSPS) is 13.1. The summed E-state index contributed by atoms with van der Waals surface area (Å²) < 4.78 is 6.03. The molecular weight excluding hydrogens is 288 g/mol. The second kappa shape index (κ2) is 4.00. The molecular formula is C8H6BrClN2OS. The van der Waals surface area contributed by atoms with Gasteiger partial charge in [0.1, 0.15) is 5.38 Å². The minimum absolute atomic E-state index is 0.250. The van der Waals surface area contributed by atoms with Crippen LogP contribution in [0.5, 0.6) is 0 Å². The van der Waals surface area contributed by atoms with Crippen LogP contribution in [-0.2, 0) is 0 Å². The van der Waals surface area contributed by atoms with Crippen LogP contribution in [0.15, 0.2) is 20.4 Å². The van der Waals surface area contributed by atoms with E-state index in [1.807, 2.05) is 12.1 Å². The maximum Gasteiger partial charge on any atom is 0.244 e. The molecule has 0 fully saturated rings. The van der Waals surface area contributed by atoms with Crippen LogP contribution < -0.4 is 0 Å². The van der Waals surface area contributed by atoms with Gasteiger partial charge in [-0.05, 0) is 35.0 Å². The van der Waals surface area contributed by atoms with Crippen LogP contribution in [0.25, 0.3) is 10.7 Å². The number of hydrogen-bond acceptors (Lipinski definition) is 4. The van der Waals surface area contributed by atoms with Crippen molar-refractivity contribution in [2.45, 2.75) is 12.3 Å². The summed E-state index contributed by atoms with van der Waals surface area (Å²) in [7, 11) is 0. The average molecular weight is 294 g/mol. The minimum atomic E-state index is -0.250. The number of halogens is 2. The van der Waals surface area contributed by atoms with Crippen LogP contribution in [0.3, 0.4) is 0 Å². The van der Waals surface area contributed by atoms with Gasteiger partial charge < -0.3 is 4.52 Å². The van der Waals surface area contributed by atoms with Gasteiger partial charge in [0.25, 0.3) is 0 Å². The Kier molecular flexibility index (Phi) is 2.90. The van der Waals surface area contributed by atoms with Gasteiger partial charge in [-0.2, -0.15) is 4.98 Å². The van der Waals surface area contributed by atoms with E-state index in [0.29, 0.717) is 11.7 Å². The number of hydrogen-bond donors (Lipinski definition) is 0. The van der Waals surface area contributed by atoms with Crippen molar-refractivity contribution >= 4 is 38.9 Å². The molecule has 2 aromatic heterocycles. The smallest absolute Gasteiger partial charge is 0.244 e. The number of thiophene rings is 1.